The Morgan fingerprint density at radius 2 is 1.88 bits per heavy atom. The number of rotatable bonds is 6. The maximum atomic E-state index is 12.4. The highest BCUT2D eigenvalue weighted by molar-refractivity contribution is 5.89. The Kier molecular flexibility index (Phi) is 5.18. The summed E-state index contributed by atoms with van der Waals surface area (Å²) in [4.78, 5) is 26.2. The van der Waals surface area contributed by atoms with Crippen molar-refractivity contribution in [3.63, 3.8) is 0 Å². The zero-order valence-electron chi connectivity index (χ0n) is 13.7. The highest BCUT2D eigenvalue weighted by Gasteiger charge is 2.32. The molecule has 1 fully saturated rings. The van der Waals surface area contributed by atoms with E-state index in [1.807, 2.05) is 30.3 Å². The quantitative estimate of drug-likeness (QED) is 0.839. The lowest BCUT2D eigenvalue weighted by Gasteiger charge is -2.17. The summed E-state index contributed by atoms with van der Waals surface area (Å²) < 4.78 is 5.28. The van der Waals surface area contributed by atoms with Gasteiger partial charge in [-0.3, -0.25) is 9.59 Å². The molecular weight excluding hydrogens is 320 g/mol. The number of carbonyl (C=O) groups excluding carboxylic acids is 2. The second-order valence-corrected chi connectivity index (χ2v) is 5.91. The Labute approximate surface area is 146 Å². The van der Waals surface area contributed by atoms with E-state index in [9.17, 15) is 14.7 Å². The van der Waals surface area contributed by atoms with Gasteiger partial charge in [0.15, 0.2) is 18.1 Å². The van der Waals surface area contributed by atoms with Gasteiger partial charge in [-0.15, -0.1) is 0 Å². The second kappa shape index (κ2) is 7.70. The van der Waals surface area contributed by atoms with E-state index in [-0.39, 0.29) is 29.9 Å². The van der Waals surface area contributed by atoms with Crippen molar-refractivity contribution in [2.45, 2.75) is 19.0 Å². The highest BCUT2D eigenvalue weighted by Crippen LogP contribution is 2.24. The monoisotopic (exact) mass is 340 g/mol. The second-order valence-electron chi connectivity index (χ2n) is 5.91. The minimum atomic E-state index is -0.524. The summed E-state index contributed by atoms with van der Waals surface area (Å²) >= 11 is 0. The topological polar surface area (TPSA) is 78.9 Å². The molecule has 0 bridgehead atoms. The van der Waals surface area contributed by atoms with E-state index >= 15 is 0 Å². The van der Waals surface area contributed by atoms with Crippen LogP contribution in [0, 0.1) is 0 Å². The molecule has 0 saturated carbocycles. The third-order valence-corrected chi connectivity index (χ3v) is 4.07. The maximum absolute atomic E-state index is 12.4. The third kappa shape index (κ3) is 4.29. The SMILES string of the molecule is O=C(COc1ccccc1O)NC1CCN(Cc2ccccc2)C1=O. The van der Waals surface area contributed by atoms with Crippen LogP contribution in [0.1, 0.15) is 12.0 Å². The summed E-state index contributed by atoms with van der Waals surface area (Å²) in [6, 6.07) is 15.7. The van der Waals surface area contributed by atoms with Crippen molar-refractivity contribution in [2.24, 2.45) is 0 Å². The molecule has 25 heavy (non-hydrogen) atoms. The molecule has 2 N–H and O–H groups in total. The predicted molar refractivity (Wildman–Crippen MR) is 92.0 cm³/mol. The summed E-state index contributed by atoms with van der Waals surface area (Å²) in [6.07, 6.45) is 0.577. The Morgan fingerprint density at radius 3 is 2.64 bits per heavy atom. The first-order chi connectivity index (χ1) is 12.1. The van der Waals surface area contributed by atoms with Crippen LogP contribution in [0.3, 0.4) is 0 Å². The number of hydrogen-bond donors (Lipinski definition) is 2. The van der Waals surface area contributed by atoms with Crippen LogP contribution in [-0.2, 0) is 16.1 Å². The largest absolute Gasteiger partial charge is 0.504 e. The molecule has 1 heterocycles. The first-order valence-electron chi connectivity index (χ1n) is 8.16. The summed E-state index contributed by atoms with van der Waals surface area (Å²) in [5.74, 6) is -0.259. The van der Waals surface area contributed by atoms with Crippen LogP contribution in [0.5, 0.6) is 11.5 Å². The number of carbonyl (C=O) groups is 2. The van der Waals surface area contributed by atoms with E-state index in [0.29, 0.717) is 19.5 Å². The van der Waals surface area contributed by atoms with E-state index in [4.69, 9.17) is 4.74 Å². The van der Waals surface area contributed by atoms with Gasteiger partial charge < -0.3 is 20.1 Å². The van der Waals surface area contributed by atoms with Crippen LogP contribution in [0.15, 0.2) is 54.6 Å². The molecule has 2 amide bonds. The van der Waals surface area contributed by atoms with Gasteiger partial charge >= 0.3 is 0 Å². The zero-order chi connectivity index (χ0) is 17.6. The van der Waals surface area contributed by atoms with Crippen molar-refractivity contribution < 1.29 is 19.4 Å². The molecule has 1 atom stereocenters. The molecule has 1 unspecified atom stereocenters. The lowest BCUT2D eigenvalue weighted by atomic mass is 10.2. The van der Waals surface area contributed by atoms with Crippen LogP contribution in [0.4, 0.5) is 0 Å². The molecule has 0 spiro atoms. The summed E-state index contributed by atoms with van der Waals surface area (Å²) in [7, 11) is 0. The van der Waals surface area contributed by atoms with Gasteiger partial charge in [0.25, 0.3) is 5.91 Å². The van der Waals surface area contributed by atoms with Crippen LogP contribution in [0.2, 0.25) is 0 Å². The molecule has 2 aromatic carbocycles. The van der Waals surface area contributed by atoms with Crippen molar-refractivity contribution in [1.82, 2.24) is 10.2 Å². The molecule has 6 nitrogen and oxygen atoms in total. The van der Waals surface area contributed by atoms with E-state index in [2.05, 4.69) is 5.32 Å². The molecular formula is C19H20N2O4. The first-order valence-corrected chi connectivity index (χ1v) is 8.16. The summed E-state index contributed by atoms with van der Waals surface area (Å²) in [6.45, 7) is 0.902. The van der Waals surface area contributed by atoms with Gasteiger partial charge in [-0.1, -0.05) is 42.5 Å². The van der Waals surface area contributed by atoms with Crippen LogP contribution in [-0.4, -0.2) is 41.0 Å². The fourth-order valence-electron chi connectivity index (χ4n) is 2.79. The Hall–Kier alpha value is -3.02. The number of ether oxygens (including phenoxy) is 1. The number of amides is 2. The van der Waals surface area contributed by atoms with Gasteiger partial charge in [0.2, 0.25) is 5.91 Å². The number of nitrogens with zero attached hydrogens (tertiary/aromatic N) is 1. The van der Waals surface area contributed by atoms with Gasteiger partial charge in [-0.05, 0) is 24.1 Å². The van der Waals surface area contributed by atoms with Crippen molar-refractivity contribution in [3.8, 4) is 11.5 Å². The van der Waals surface area contributed by atoms with Crippen LogP contribution >= 0.6 is 0 Å². The van der Waals surface area contributed by atoms with E-state index in [1.54, 1.807) is 23.1 Å². The Morgan fingerprint density at radius 1 is 1.16 bits per heavy atom. The molecule has 0 aromatic heterocycles. The van der Waals surface area contributed by atoms with E-state index in [0.717, 1.165) is 5.56 Å². The third-order valence-electron chi connectivity index (χ3n) is 4.07. The average molecular weight is 340 g/mol. The van der Waals surface area contributed by atoms with Gasteiger partial charge in [0, 0.05) is 13.1 Å². The summed E-state index contributed by atoms with van der Waals surface area (Å²) in [5, 5.41) is 12.3. The molecule has 6 heteroatoms. The van der Waals surface area contributed by atoms with Gasteiger partial charge in [-0.2, -0.15) is 0 Å². The van der Waals surface area contributed by atoms with Crippen molar-refractivity contribution in [1.29, 1.82) is 0 Å². The average Bonchev–Trinajstić information content (AvgIpc) is 2.95. The number of para-hydroxylation sites is 2. The number of likely N-dealkylation sites (tertiary alicyclic amines) is 1. The standard InChI is InChI=1S/C19H20N2O4/c22-16-8-4-5-9-17(16)25-13-18(23)20-15-10-11-21(19(15)24)12-14-6-2-1-3-7-14/h1-9,15,22H,10-13H2,(H,20,23). The fourth-order valence-corrected chi connectivity index (χ4v) is 2.79. The molecule has 1 aliphatic heterocycles. The van der Waals surface area contributed by atoms with Gasteiger partial charge in [-0.25, -0.2) is 0 Å². The lowest BCUT2D eigenvalue weighted by molar-refractivity contribution is -0.133. The maximum Gasteiger partial charge on any atom is 0.258 e. The number of aromatic hydroxyl groups is 1. The van der Waals surface area contributed by atoms with Gasteiger partial charge in [0.05, 0.1) is 0 Å². The van der Waals surface area contributed by atoms with Crippen LogP contribution in [0.25, 0.3) is 0 Å². The van der Waals surface area contributed by atoms with Crippen molar-refractivity contribution in [3.05, 3.63) is 60.2 Å². The first kappa shape index (κ1) is 16.8. The lowest BCUT2D eigenvalue weighted by Crippen LogP contribution is -2.43. The minimum absolute atomic E-state index is 0.0266. The molecule has 0 aliphatic carbocycles. The molecule has 1 aliphatic rings. The number of hydrogen-bond acceptors (Lipinski definition) is 4. The Bertz CT molecular complexity index is 748. The molecule has 130 valence electrons. The predicted octanol–water partition coefficient (Wildman–Crippen LogP) is 1.69. The minimum Gasteiger partial charge on any atom is -0.504 e. The highest BCUT2D eigenvalue weighted by atomic mass is 16.5. The Balaban J connectivity index is 1.49. The van der Waals surface area contributed by atoms with Crippen LogP contribution < -0.4 is 10.1 Å². The zero-order valence-corrected chi connectivity index (χ0v) is 13.7. The number of nitrogens with one attached hydrogen (secondary N) is 1. The fraction of sp³-hybridized carbons (Fsp3) is 0.263. The molecule has 1 saturated heterocycles. The van der Waals surface area contributed by atoms with Crippen molar-refractivity contribution in [2.75, 3.05) is 13.2 Å². The smallest absolute Gasteiger partial charge is 0.258 e. The molecule has 2 aromatic rings. The van der Waals surface area contributed by atoms with Gasteiger partial charge in [0.1, 0.15) is 6.04 Å². The van der Waals surface area contributed by atoms with E-state index in [1.165, 1.54) is 6.07 Å². The number of benzene rings is 2. The van der Waals surface area contributed by atoms with E-state index < -0.39 is 6.04 Å². The molecule has 3 rings (SSSR count). The number of phenolic OH excluding ortho intramolecular Hbond substituents is 1. The normalized spacial score (nSPS) is 16.7. The summed E-state index contributed by atoms with van der Waals surface area (Å²) in [5.41, 5.74) is 1.06. The van der Waals surface area contributed by atoms with Crippen molar-refractivity contribution >= 4 is 11.8 Å². The number of phenols is 1. The molecule has 0 radical (unpaired) electrons.